The molecular formula is C13H16ClNO3. The number of esters is 1. The predicted octanol–water partition coefficient (Wildman–Crippen LogP) is 3.03. The first-order chi connectivity index (χ1) is 8.67. The molecule has 5 heteroatoms. The fourth-order valence-corrected chi connectivity index (χ4v) is 1.57. The number of hydrogen-bond donors (Lipinski definition) is 0. The molecular weight excluding hydrogens is 254 g/mol. The Morgan fingerprint density at radius 1 is 1.28 bits per heavy atom. The molecule has 0 amide bonds. The van der Waals surface area contributed by atoms with Crippen molar-refractivity contribution >= 4 is 23.3 Å². The van der Waals surface area contributed by atoms with Gasteiger partial charge in [-0.3, -0.25) is 4.79 Å². The molecule has 0 heterocycles. The Kier molecular flexibility index (Phi) is 6.22. The number of benzene rings is 1. The molecule has 0 fully saturated rings. The van der Waals surface area contributed by atoms with E-state index in [1.54, 1.807) is 19.1 Å². The highest BCUT2D eigenvalue weighted by atomic mass is 35.5. The summed E-state index contributed by atoms with van der Waals surface area (Å²) >= 11 is 5.82. The third-order valence-corrected chi connectivity index (χ3v) is 2.50. The van der Waals surface area contributed by atoms with Gasteiger partial charge in [0.2, 0.25) is 0 Å². The lowest BCUT2D eigenvalue weighted by atomic mass is 10.1. The zero-order chi connectivity index (χ0) is 13.4. The molecule has 0 aromatic heterocycles. The van der Waals surface area contributed by atoms with Gasteiger partial charge in [-0.15, -0.1) is 0 Å². The lowest BCUT2D eigenvalue weighted by Crippen LogP contribution is -2.09. The summed E-state index contributed by atoms with van der Waals surface area (Å²) in [6.45, 7) is 2.16. The fourth-order valence-electron chi connectivity index (χ4n) is 1.45. The average Bonchev–Trinajstić information content (AvgIpc) is 2.36. The summed E-state index contributed by atoms with van der Waals surface area (Å²) < 4.78 is 4.87. The van der Waals surface area contributed by atoms with Crippen molar-refractivity contribution in [2.24, 2.45) is 5.16 Å². The SMILES string of the molecule is CCOC(=O)CCC(=NOC)c1ccc(Cl)cc1. The minimum absolute atomic E-state index is 0.240. The van der Waals surface area contributed by atoms with Crippen LogP contribution in [0.5, 0.6) is 0 Å². The van der Waals surface area contributed by atoms with Gasteiger partial charge in [-0.2, -0.15) is 0 Å². The zero-order valence-corrected chi connectivity index (χ0v) is 11.2. The van der Waals surface area contributed by atoms with Gasteiger partial charge in [0, 0.05) is 11.4 Å². The fraction of sp³-hybridized carbons (Fsp3) is 0.385. The van der Waals surface area contributed by atoms with Gasteiger partial charge < -0.3 is 9.57 Å². The first-order valence-electron chi connectivity index (χ1n) is 5.69. The molecule has 0 bridgehead atoms. The first kappa shape index (κ1) is 14.5. The van der Waals surface area contributed by atoms with E-state index in [4.69, 9.17) is 21.2 Å². The molecule has 0 aliphatic rings. The normalized spacial score (nSPS) is 11.2. The van der Waals surface area contributed by atoms with Gasteiger partial charge in [-0.1, -0.05) is 28.9 Å². The molecule has 4 nitrogen and oxygen atoms in total. The highest BCUT2D eigenvalue weighted by Gasteiger charge is 2.09. The highest BCUT2D eigenvalue weighted by molar-refractivity contribution is 6.30. The summed E-state index contributed by atoms with van der Waals surface area (Å²) in [7, 11) is 1.47. The van der Waals surface area contributed by atoms with Gasteiger partial charge in [0.1, 0.15) is 7.11 Å². The van der Waals surface area contributed by atoms with Gasteiger partial charge in [0.05, 0.1) is 18.7 Å². The smallest absolute Gasteiger partial charge is 0.306 e. The van der Waals surface area contributed by atoms with Crippen molar-refractivity contribution in [1.82, 2.24) is 0 Å². The lowest BCUT2D eigenvalue weighted by molar-refractivity contribution is -0.142. The highest BCUT2D eigenvalue weighted by Crippen LogP contribution is 2.13. The number of rotatable bonds is 6. The van der Waals surface area contributed by atoms with Crippen LogP contribution in [0.4, 0.5) is 0 Å². The molecule has 1 aromatic rings. The number of nitrogens with zero attached hydrogens (tertiary/aromatic N) is 1. The van der Waals surface area contributed by atoms with Crippen LogP contribution in [0, 0.1) is 0 Å². The van der Waals surface area contributed by atoms with Crippen molar-refractivity contribution in [3.8, 4) is 0 Å². The van der Waals surface area contributed by atoms with Crippen molar-refractivity contribution in [3.63, 3.8) is 0 Å². The largest absolute Gasteiger partial charge is 0.466 e. The van der Waals surface area contributed by atoms with Gasteiger partial charge in [0.25, 0.3) is 0 Å². The van der Waals surface area contributed by atoms with Crippen LogP contribution < -0.4 is 0 Å². The van der Waals surface area contributed by atoms with Crippen LogP contribution >= 0.6 is 11.6 Å². The number of halogens is 1. The summed E-state index contributed by atoms with van der Waals surface area (Å²) in [5.41, 5.74) is 1.58. The van der Waals surface area contributed by atoms with E-state index in [1.165, 1.54) is 7.11 Å². The van der Waals surface area contributed by atoms with E-state index in [2.05, 4.69) is 5.16 Å². The maximum atomic E-state index is 11.3. The Morgan fingerprint density at radius 3 is 2.50 bits per heavy atom. The van der Waals surface area contributed by atoms with E-state index >= 15 is 0 Å². The Balaban J connectivity index is 2.69. The Hall–Kier alpha value is -1.55. The maximum absolute atomic E-state index is 11.3. The molecule has 0 saturated carbocycles. The molecule has 0 atom stereocenters. The average molecular weight is 270 g/mol. The summed E-state index contributed by atoms with van der Waals surface area (Å²) in [6, 6.07) is 7.22. The van der Waals surface area contributed by atoms with Crippen LogP contribution in [0.1, 0.15) is 25.3 Å². The molecule has 98 valence electrons. The summed E-state index contributed by atoms with van der Waals surface area (Å²) in [4.78, 5) is 16.1. The van der Waals surface area contributed by atoms with E-state index in [9.17, 15) is 4.79 Å². The molecule has 0 aliphatic heterocycles. The van der Waals surface area contributed by atoms with Crippen LogP contribution in [-0.4, -0.2) is 25.4 Å². The van der Waals surface area contributed by atoms with Gasteiger partial charge in [-0.05, 0) is 24.6 Å². The molecule has 0 aliphatic carbocycles. The second-order valence-corrected chi connectivity index (χ2v) is 3.97. The van der Waals surface area contributed by atoms with E-state index in [0.717, 1.165) is 5.56 Å². The molecule has 1 rings (SSSR count). The van der Waals surface area contributed by atoms with Crippen LogP contribution in [0.3, 0.4) is 0 Å². The molecule has 0 unspecified atom stereocenters. The Morgan fingerprint density at radius 2 is 1.94 bits per heavy atom. The summed E-state index contributed by atoms with van der Waals surface area (Å²) in [6.07, 6.45) is 0.743. The van der Waals surface area contributed by atoms with Crippen LogP contribution in [0.2, 0.25) is 5.02 Å². The molecule has 0 saturated heterocycles. The van der Waals surface area contributed by atoms with Crippen molar-refractivity contribution in [3.05, 3.63) is 34.9 Å². The van der Waals surface area contributed by atoms with Gasteiger partial charge >= 0.3 is 5.97 Å². The third-order valence-electron chi connectivity index (χ3n) is 2.25. The zero-order valence-electron chi connectivity index (χ0n) is 10.5. The lowest BCUT2D eigenvalue weighted by Gasteiger charge is -2.06. The number of carbonyl (C=O) groups is 1. The van der Waals surface area contributed by atoms with Crippen LogP contribution in [0.15, 0.2) is 29.4 Å². The topological polar surface area (TPSA) is 47.9 Å². The minimum atomic E-state index is -0.240. The monoisotopic (exact) mass is 269 g/mol. The Labute approximate surface area is 112 Å². The predicted molar refractivity (Wildman–Crippen MR) is 70.9 cm³/mol. The number of carbonyl (C=O) groups excluding carboxylic acids is 1. The van der Waals surface area contributed by atoms with Gasteiger partial charge in [-0.25, -0.2) is 0 Å². The maximum Gasteiger partial charge on any atom is 0.306 e. The molecule has 0 spiro atoms. The minimum Gasteiger partial charge on any atom is -0.466 e. The molecule has 0 radical (unpaired) electrons. The first-order valence-corrected chi connectivity index (χ1v) is 6.06. The number of ether oxygens (including phenoxy) is 1. The number of hydrogen-bond acceptors (Lipinski definition) is 4. The molecule has 0 N–H and O–H groups in total. The van der Waals surface area contributed by atoms with Crippen molar-refractivity contribution in [1.29, 1.82) is 0 Å². The second-order valence-electron chi connectivity index (χ2n) is 3.53. The van der Waals surface area contributed by atoms with Gasteiger partial charge in [0.15, 0.2) is 0 Å². The standard InChI is InChI=1S/C13H16ClNO3/c1-3-18-13(16)9-8-12(15-17-2)10-4-6-11(14)7-5-10/h4-7H,3,8-9H2,1-2H3. The van der Waals surface area contributed by atoms with E-state index < -0.39 is 0 Å². The summed E-state index contributed by atoms with van der Waals surface area (Å²) in [5, 5.41) is 4.58. The van der Waals surface area contributed by atoms with Crippen LogP contribution in [0.25, 0.3) is 0 Å². The second kappa shape index (κ2) is 7.71. The Bertz CT molecular complexity index is 415. The quantitative estimate of drug-likeness (QED) is 0.453. The molecule has 18 heavy (non-hydrogen) atoms. The van der Waals surface area contributed by atoms with Crippen molar-refractivity contribution in [2.75, 3.05) is 13.7 Å². The summed E-state index contributed by atoms with van der Waals surface area (Å²) in [5.74, 6) is -0.240. The molecule has 1 aromatic carbocycles. The third kappa shape index (κ3) is 4.75. The van der Waals surface area contributed by atoms with E-state index in [0.29, 0.717) is 23.8 Å². The van der Waals surface area contributed by atoms with Crippen molar-refractivity contribution < 1.29 is 14.4 Å². The number of oxime groups is 1. The van der Waals surface area contributed by atoms with Crippen molar-refractivity contribution in [2.45, 2.75) is 19.8 Å². The van der Waals surface area contributed by atoms with E-state index in [-0.39, 0.29) is 12.4 Å². The van der Waals surface area contributed by atoms with Crippen LogP contribution in [-0.2, 0) is 14.4 Å². The van der Waals surface area contributed by atoms with E-state index in [1.807, 2.05) is 12.1 Å².